The van der Waals surface area contributed by atoms with E-state index < -0.39 is 0 Å². The maximum absolute atomic E-state index is 12.7. The number of benzene rings is 2. The fourth-order valence-corrected chi connectivity index (χ4v) is 4.61. The van der Waals surface area contributed by atoms with Crippen LogP contribution in [0.1, 0.15) is 55.3 Å². The first kappa shape index (κ1) is 23.1. The molecule has 0 radical (unpaired) electrons. The van der Waals surface area contributed by atoms with Crippen LogP contribution in [0.3, 0.4) is 0 Å². The highest BCUT2D eigenvalue weighted by Crippen LogP contribution is 2.39. The van der Waals surface area contributed by atoms with E-state index in [-0.39, 0.29) is 12.1 Å². The quantitative estimate of drug-likeness (QED) is 0.558. The Morgan fingerprint density at radius 2 is 2.00 bits per heavy atom. The molecule has 1 N–H and O–H groups in total. The van der Waals surface area contributed by atoms with Gasteiger partial charge in [-0.1, -0.05) is 54.6 Å². The van der Waals surface area contributed by atoms with Crippen molar-refractivity contribution in [3.63, 3.8) is 0 Å². The van der Waals surface area contributed by atoms with Gasteiger partial charge in [-0.3, -0.25) is 0 Å². The lowest BCUT2D eigenvalue weighted by molar-refractivity contribution is 0.163. The molecule has 0 fully saturated rings. The first-order valence-corrected chi connectivity index (χ1v) is 11.9. The maximum Gasteiger partial charge on any atom is 0.414 e. The van der Waals surface area contributed by atoms with Gasteiger partial charge in [0, 0.05) is 19.6 Å². The number of aryl methyl sites for hydroxylation is 1. The van der Waals surface area contributed by atoms with Crippen molar-refractivity contribution in [3.8, 4) is 5.75 Å². The first-order chi connectivity index (χ1) is 16.1. The molecule has 4 heteroatoms. The van der Waals surface area contributed by atoms with Gasteiger partial charge in [0.25, 0.3) is 0 Å². The summed E-state index contributed by atoms with van der Waals surface area (Å²) in [7, 11) is 3.72. The number of ether oxygens (including phenoxy) is 1. The van der Waals surface area contributed by atoms with Gasteiger partial charge in [-0.05, 0) is 91.6 Å². The van der Waals surface area contributed by atoms with Crippen molar-refractivity contribution in [1.29, 1.82) is 0 Å². The second kappa shape index (κ2) is 10.7. The standard InChI is InChI=1S/C29H34N2O2/c1-21(30-2)24-12-8-13-25(20-24)33-29(32)31(3)19-9-16-28-26-14-6-4-10-22(26)17-18-23-11-5-7-15-27(23)28/h4-6,8,10-14,16,20-21,30H,7,9,15,17-19H2,1-3H3/b28-16+/t21-/m0/s1. The van der Waals surface area contributed by atoms with E-state index in [2.05, 4.69) is 54.7 Å². The summed E-state index contributed by atoms with van der Waals surface area (Å²) < 4.78 is 5.64. The summed E-state index contributed by atoms with van der Waals surface area (Å²) in [5.74, 6) is 0.575. The zero-order valence-corrected chi connectivity index (χ0v) is 19.9. The monoisotopic (exact) mass is 442 g/mol. The number of carbonyl (C=O) groups excluding carboxylic acids is 1. The summed E-state index contributed by atoms with van der Waals surface area (Å²) in [6.07, 6.45) is 11.7. The minimum absolute atomic E-state index is 0.198. The van der Waals surface area contributed by atoms with Gasteiger partial charge >= 0.3 is 6.09 Å². The maximum atomic E-state index is 12.7. The van der Waals surface area contributed by atoms with E-state index in [0.29, 0.717) is 12.3 Å². The van der Waals surface area contributed by atoms with Crippen LogP contribution in [0.2, 0.25) is 0 Å². The van der Waals surface area contributed by atoms with Crippen LogP contribution in [0.25, 0.3) is 5.57 Å². The Morgan fingerprint density at radius 3 is 2.85 bits per heavy atom. The molecule has 0 aromatic heterocycles. The number of hydrogen-bond acceptors (Lipinski definition) is 3. The van der Waals surface area contributed by atoms with Crippen LogP contribution in [0.4, 0.5) is 4.79 Å². The highest BCUT2D eigenvalue weighted by Gasteiger charge is 2.20. The first-order valence-electron chi connectivity index (χ1n) is 11.9. The van der Waals surface area contributed by atoms with E-state index in [4.69, 9.17) is 4.74 Å². The third kappa shape index (κ3) is 5.45. The molecule has 1 amide bonds. The zero-order chi connectivity index (χ0) is 23.2. The minimum Gasteiger partial charge on any atom is -0.410 e. The van der Waals surface area contributed by atoms with Crippen molar-refractivity contribution in [1.82, 2.24) is 10.2 Å². The van der Waals surface area contributed by atoms with Crippen molar-refractivity contribution < 1.29 is 9.53 Å². The molecule has 0 saturated heterocycles. The van der Waals surface area contributed by atoms with Crippen LogP contribution < -0.4 is 10.1 Å². The smallest absolute Gasteiger partial charge is 0.410 e. The Labute approximate surface area is 197 Å². The van der Waals surface area contributed by atoms with E-state index in [0.717, 1.165) is 37.7 Å². The SMILES string of the molecule is CN[C@@H](C)c1cccc(OC(=O)N(C)CC/C=C2/C3=C(C=CCC3)CCc3ccccc32)c1. The van der Waals surface area contributed by atoms with E-state index in [1.165, 1.54) is 27.8 Å². The molecule has 0 aliphatic heterocycles. The molecule has 2 aromatic carbocycles. The summed E-state index contributed by atoms with van der Waals surface area (Å²) in [4.78, 5) is 14.3. The Balaban J connectivity index is 1.45. The van der Waals surface area contributed by atoms with Crippen molar-refractivity contribution in [2.24, 2.45) is 0 Å². The molecule has 2 aliphatic carbocycles. The minimum atomic E-state index is -0.329. The zero-order valence-electron chi connectivity index (χ0n) is 19.9. The van der Waals surface area contributed by atoms with E-state index in [1.807, 2.05) is 31.3 Å². The van der Waals surface area contributed by atoms with Crippen molar-refractivity contribution in [2.45, 2.75) is 45.1 Å². The fraction of sp³-hybridized carbons (Fsp3) is 0.345. The van der Waals surface area contributed by atoms with Crippen LogP contribution >= 0.6 is 0 Å². The predicted octanol–water partition coefficient (Wildman–Crippen LogP) is 6.46. The number of fused-ring (bicyclic) bond motifs is 1. The highest BCUT2D eigenvalue weighted by molar-refractivity contribution is 5.83. The van der Waals surface area contributed by atoms with Gasteiger partial charge < -0.3 is 15.0 Å². The van der Waals surface area contributed by atoms with Crippen molar-refractivity contribution >= 4 is 11.7 Å². The van der Waals surface area contributed by atoms with E-state index >= 15 is 0 Å². The lowest BCUT2D eigenvalue weighted by Gasteiger charge is -2.19. The van der Waals surface area contributed by atoms with Crippen LogP contribution in [-0.4, -0.2) is 31.6 Å². The van der Waals surface area contributed by atoms with Crippen LogP contribution in [0.5, 0.6) is 5.75 Å². The van der Waals surface area contributed by atoms with Crippen LogP contribution in [-0.2, 0) is 6.42 Å². The summed E-state index contributed by atoms with van der Waals surface area (Å²) in [5, 5.41) is 3.21. The number of nitrogens with one attached hydrogen (secondary N) is 1. The van der Waals surface area contributed by atoms with Crippen molar-refractivity contribution in [3.05, 3.63) is 94.6 Å². The summed E-state index contributed by atoms with van der Waals surface area (Å²) in [6.45, 7) is 2.69. The molecule has 0 heterocycles. The van der Waals surface area contributed by atoms with E-state index in [1.54, 1.807) is 11.9 Å². The molecule has 0 unspecified atom stereocenters. The van der Waals surface area contributed by atoms with Gasteiger partial charge in [0.05, 0.1) is 0 Å². The Morgan fingerprint density at radius 1 is 1.15 bits per heavy atom. The average Bonchev–Trinajstić information content (AvgIpc) is 3.01. The number of nitrogens with zero attached hydrogens (tertiary/aromatic N) is 1. The molecule has 0 spiro atoms. The summed E-state index contributed by atoms with van der Waals surface area (Å²) in [5.41, 5.74) is 8.13. The molecular weight excluding hydrogens is 408 g/mol. The number of hydrogen-bond donors (Lipinski definition) is 1. The van der Waals surface area contributed by atoms with Gasteiger partial charge in [0.15, 0.2) is 0 Å². The third-order valence-electron chi connectivity index (χ3n) is 6.68. The van der Waals surface area contributed by atoms with Crippen LogP contribution in [0.15, 0.2) is 77.9 Å². The summed E-state index contributed by atoms with van der Waals surface area (Å²) in [6, 6.07) is 16.6. The molecule has 172 valence electrons. The Hall–Kier alpha value is -3.11. The Bertz CT molecular complexity index is 1100. The van der Waals surface area contributed by atoms with Crippen molar-refractivity contribution in [2.75, 3.05) is 20.6 Å². The molecule has 4 nitrogen and oxygen atoms in total. The topological polar surface area (TPSA) is 41.6 Å². The largest absolute Gasteiger partial charge is 0.414 e. The van der Waals surface area contributed by atoms with Gasteiger partial charge in [-0.2, -0.15) is 0 Å². The summed E-state index contributed by atoms with van der Waals surface area (Å²) >= 11 is 0. The molecule has 2 aliphatic rings. The van der Waals surface area contributed by atoms with Gasteiger partial charge in [0.1, 0.15) is 5.75 Å². The molecular formula is C29H34N2O2. The normalized spacial score (nSPS) is 17.2. The van der Waals surface area contributed by atoms with Gasteiger partial charge in [0.2, 0.25) is 0 Å². The molecule has 1 atom stereocenters. The molecule has 0 saturated carbocycles. The van der Waals surface area contributed by atoms with Gasteiger partial charge in [-0.25, -0.2) is 4.79 Å². The molecule has 4 rings (SSSR count). The number of carbonyl (C=O) groups is 1. The third-order valence-corrected chi connectivity index (χ3v) is 6.68. The lowest BCUT2D eigenvalue weighted by atomic mass is 9.87. The molecule has 0 bridgehead atoms. The van der Waals surface area contributed by atoms with Gasteiger partial charge in [-0.15, -0.1) is 0 Å². The second-order valence-corrected chi connectivity index (χ2v) is 8.88. The average molecular weight is 443 g/mol. The molecule has 2 aromatic rings. The second-order valence-electron chi connectivity index (χ2n) is 8.88. The number of rotatable bonds is 6. The lowest BCUT2D eigenvalue weighted by Crippen LogP contribution is -2.30. The fourth-order valence-electron chi connectivity index (χ4n) is 4.61. The predicted molar refractivity (Wildman–Crippen MR) is 135 cm³/mol. The Kier molecular flexibility index (Phi) is 7.46. The number of allylic oxidation sites excluding steroid dienone is 5. The molecule has 33 heavy (non-hydrogen) atoms. The highest BCUT2D eigenvalue weighted by atomic mass is 16.6. The van der Waals surface area contributed by atoms with E-state index in [9.17, 15) is 4.79 Å². The number of amides is 1. The van der Waals surface area contributed by atoms with Crippen LogP contribution in [0, 0.1) is 0 Å².